The van der Waals surface area contributed by atoms with Gasteiger partial charge in [0.15, 0.2) is 0 Å². The second-order valence-corrected chi connectivity index (χ2v) is 6.70. The summed E-state index contributed by atoms with van der Waals surface area (Å²) in [5.41, 5.74) is 0. The van der Waals surface area contributed by atoms with E-state index in [1.54, 1.807) is 0 Å². The summed E-state index contributed by atoms with van der Waals surface area (Å²) < 4.78 is 0. The molecule has 0 aromatic carbocycles. The lowest BCUT2D eigenvalue weighted by Gasteiger charge is -2.39. The van der Waals surface area contributed by atoms with Crippen LogP contribution in [0.4, 0.5) is 0 Å². The van der Waals surface area contributed by atoms with E-state index in [0.717, 1.165) is 32.0 Å². The van der Waals surface area contributed by atoms with Crippen molar-refractivity contribution >= 4 is 0 Å². The largest absolute Gasteiger partial charge is 0.393 e. The molecule has 1 heterocycles. The molecule has 114 valence electrons. The molecule has 4 nitrogen and oxygen atoms in total. The van der Waals surface area contributed by atoms with Crippen LogP contribution in [0.3, 0.4) is 0 Å². The third kappa shape index (κ3) is 4.73. The van der Waals surface area contributed by atoms with Crippen molar-refractivity contribution in [1.82, 2.24) is 10.2 Å². The zero-order valence-corrected chi connectivity index (χ0v) is 12.7. The Kier molecular flexibility index (Phi) is 6.28. The minimum absolute atomic E-state index is 0.282. The number of hydrogen-bond acceptors (Lipinski definition) is 4. The molecule has 1 aliphatic carbocycles. The molecule has 0 bridgehead atoms. The molecular weight excluding hydrogens is 250 g/mol. The minimum atomic E-state index is -0.282. The fraction of sp³-hybridized carbons (Fsp3) is 0.938. The predicted molar refractivity (Wildman–Crippen MR) is 80.2 cm³/mol. The van der Waals surface area contributed by atoms with E-state index in [9.17, 15) is 5.11 Å². The van der Waals surface area contributed by atoms with E-state index in [-0.39, 0.29) is 6.10 Å². The number of aliphatic hydroxyl groups is 1. The molecule has 20 heavy (non-hydrogen) atoms. The van der Waals surface area contributed by atoms with E-state index in [0.29, 0.717) is 18.5 Å². The number of piperidine rings is 1. The average molecular weight is 279 g/mol. The van der Waals surface area contributed by atoms with Gasteiger partial charge in [-0.1, -0.05) is 19.3 Å². The number of aliphatic hydroxyl groups excluding tert-OH is 1. The first-order valence-electron chi connectivity index (χ1n) is 8.19. The van der Waals surface area contributed by atoms with Crippen LogP contribution in [0.5, 0.6) is 0 Å². The van der Waals surface area contributed by atoms with Gasteiger partial charge >= 0.3 is 0 Å². The maximum absolute atomic E-state index is 9.86. The van der Waals surface area contributed by atoms with Gasteiger partial charge in [0.2, 0.25) is 0 Å². The second kappa shape index (κ2) is 7.97. The first kappa shape index (κ1) is 15.8. The monoisotopic (exact) mass is 279 g/mol. The second-order valence-electron chi connectivity index (χ2n) is 6.70. The topological polar surface area (TPSA) is 59.3 Å². The first-order valence-corrected chi connectivity index (χ1v) is 8.19. The smallest absolute Gasteiger partial charge is 0.0866 e. The van der Waals surface area contributed by atoms with E-state index in [2.05, 4.69) is 16.3 Å². The van der Waals surface area contributed by atoms with Gasteiger partial charge < -0.3 is 10.4 Å². The predicted octanol–water partition coefficient (Wildman–Crippen LogP) is 1.75. The number of nitrogens with one attached hydrogen (secondary N) is 1. The Morgan fingerprint density at radius 1 is 1.30 bits per heavy atom. The van der Waals surface area contributed by atoms with E-state index in [1.165, 1.54) is 32.1 Å². The molecule has 2 N–H and O–H groups in total. The SMILES string of the molecule is CC(O)C1CC(NCC2CCCCC2)CN(CC#N)C1. The highest BCUT2D eigenvalue weighted by molar-refractivity contribution is 4.89. The number of likely N-dealkylation sites (tertiary alicyclic amines) is 1. The summed E-state index contributed by atoms with van der Waals surface area (Å²) in [5, 5.41) is 22.5. The highest BCUT2D eigenvalue weighted by atomic mass is 16.3. The molecule has 1 saturated carbocycles. The molecule has 0 spiro atoms. The molecule has 3 unspecified atom stereocenters. The first-order chi connectivity index (χ1) is 9.69. The molecule has 1 aliphatic heterocycles. The van der Waals surface area contributed by atoms with Crippen molar-refractivity contribution in [3.63, 3.8) is 0 Å². The number of hydrogen-bond donors (Lipinski definition) is 2. The van der Waals surface area contributed by atoms with Crippen molar-refractivity contribution in [2.75, 3.05) is 26.2 Å². The highest BCUT2D eigenvalue weighted by Crippen LogP contribution is 2.24. The van der Waals surface area contributed by atoms with Gasteiger partial charge in [0.25, 0.3) is 0 Å². The van der Waals surface area contributed by atoms with Gasteiger partial charge in [0, 0.05) is 19.1 Å². The van der Waals surface area contributed by atoms with Gasteiger partial charge in [-0.25, -0.2) is 0 Å². The third-order valence-corrected chi connectivity index (χ3v) is 4.96. The maximum Gasteiger partial charge on any atom is 0.0866 e. The molecule has 2 rings (SSSR count). The van der Waals surface area contributed by atoms with Crippen LogP contribution in [0.1, 0.15) is 45.4 Å². The van der Waals surface area contributed by atoms with Crippen LogP contribution < -0.4 is 5.32 Å². The molecule has 4 heteroatoms. The Bertz CT molecular complexity index is 320. The van der Waals surface area contributed by atoms with Crippen LogP contribution in [0.15, 0.2) is 0 Å². The Morgan fingerprint density at radius 3 is 2.70 bits per heavy atom. The van der Waals surface area contributed by atoms with Crippen molar-refractivity contribution in [1.29, 1.82) is 5.26 Å². The third-order valence-electron chi connectivity index (χ3n) is 4.96. The van der Waals surface area contributed by atoms with Crippen molar-refractivity contribution in [3.05, 3.63) is 0 Å². The van der Waals surface area contributed by atoms with Crippen molar-refractivity contribution in [2.24, 2.45) is 11.8 Å². The van der Waals surface area contributed by atoms with Crippen molar-refractivity contribution in [2.45, 2.75) is 57.6 Å². The Morgan fingerprint density at radius 2 is 2.05 bits per heavy atom. The zero-order chi connectivity index (χ0) is 14.4. The van der Waals surface area contributed by atoms with Gasteiger partial charge in [0.05, 0.1) is 18.7 Å². The van der Waals surface area contributed by atoms with Crippen LogP contribution in [-0.4, -0.2) is 48.3 Å². The van der Waals surface area contributed by atoms with Gasteiger partial charge in [-0.2, -0.15) is 5.26 Å². The molecule has 0 radical (unpaired) electrons. The molecular formula is C16H29N3O. The fourth-order valence-electron chi connectivity index (χ4n) is 3.68. The lowest BCUT2D eigenvalue weighted by molar-refractivity contribution is 0.0522. The van der Waals surface area contributed by atoms with Crippen LogP contribution in [0, 0.1) is 23.2 Å². The standard InChI is InChI=1S/C16H29N3O/c1-13(20)15-9-16(12-19(11-15)8-7-17)18-10-14-5-3-2-4-6-14/h13-16,18,20H,2-6,8-12H2,1H3. The Labute approximate surface area is 123 Å². The summed E-state index contributed by atoms with van der Waals surface area (Å²) in [7, 11) is 0. The maximum atomic E-state index is 9.86. The van der Waals surface area contributed by atoms with E-state index in [4.69, 9.17) is 5.26 Å². The molecule has 2 fully saturated rings. The van der Waals surface area contributed by atoms with E-state index >= 15 is 0 Å². The van der Waals surface area contributed by atoms with E-state index < -0.39 is 0 Å². The quantitative estimate of drug-likeness (QED) is 0.753. The summed E-state index contributed by atoms with van der Waals surface area (Å²) in [6.45, 7) is 5.26. The Balaban J connectivity index is 1.80. The lowest BCUT2D eigenvalue weighted by atomic mass is 9.87. The van der Waals surface area contributed by atoms with E-state index in [1.807, 2.05) is 6.92 Å². The fourth-order valence-corrected chi connectivity index (χ4v) is 3.68. The van der Waals surface area contributed by atoms with Gasteiger partial charge in [-0.3, -0.25) is 4.90 Å². The lowest BCUT2D eigenvalue weighted by Crippen LogP contribution is -2.52. The number of nitrogens with zero attached hydrogens (tertiary/aromatic N) is 2. The summed E-state index contributed by atoms with van der Waals surface area (Å²) in [4.78, 5) is 2.18. The summed E-state index contributed by atoms with van der Waals surface area (Å²) in [6.07, 6.45) is 7.65. The minimum Gasteiger partial charge on any atom is -0.393 e. The molecule has 0 aromatic heterocycles. The normalized spacial score (nSPS) is 30.9. The molecule has 0 amide bonds. The number of nitriles is 1. The molecule has 1 saturated heterocycles. The Hall–Kier alpha value is -0.630. The summed E-state index contributed by atoms with van der Waals surface area (Å²) in [6, 6.07) is 2.67. The van der Waals surface area contributed by atoms with Crippen molar-refractivity contribution < 1.29 is 5.11 Å². The molecule has 0 aromatic rings. The van der Waals surface area contributed by atoms with Crippen LogP contribution in [0.25, 0.3) is 0 Å². The van der Waals surface area contributed by atoms with Gasteiger partial charge in [-0.05, 0) is 44.6 Å². The van der Waals surface area contributed by atoms with Crippen molar-refractivity contribution in [3.8, 4) is 6.07 Å². The average Bonchev–Trinajstić information content (AvgIpc) is 2.46. The van der Waals surface area contributed by atoms with Crippen LogP contribution >= 0.6 is 0 Å². The molecule has 2 aliphatic rings. The zero-order valence-electron chi connectivity index (χ0n) is 12.7. The van der Waals surface area contributed by atoms with Crippen LogP contribution in [0.2, 0.25) is 0 Å². The van der Waals surface area contributed by atoms with Gasteiger partial charge in [-0.15, -0.1) is 0 Å². The van der Waals surface area contributed by atoms with Gasteiger partial charge in [0.1, 0.15) is 0 Å². The summed E-state index contributed by atoms with van der Waals surface area (Å²) >= 11 is 0. The van der Waals surface area contributed by atoms with Crippen LogP contribution in [-0.2, 0) is 0 Å². The number of rotatable bonds is 5. The molecule has 3 atom stereocenters. The highest BCUT2D eigenvalue weighted by Gasteiger charge is 2.29. The summed E-state index contributed by atoms with van der Waals surface area (Å²) in [5.74, 6) is 1.13.